The molecule has 0 bridgehead atoms. The number of carbonyl (C=O) groups is 1. The highest BCUT2D eigenvalue weighted by Crippen LogP contribution is 2.41. The van der Waals surface area contributed by atoms with E-state index in [0.717, 1.165) is 45.9 Å². The van der Waals surface area contributed by atoms with Crippen LogP contribution in [0.1, 0.15) is 68.9 Å². The number of fused-ring (bicyclic) bond motifs is 3. The summed E-state index contributed by atoms with van der Waals surface area (Å²) in [7, 11) is 0. The second kappa shape index (κ2) is 7.59. The molecule has 1 amide bonds. The number of nitrogens with zero attached hydrogens (tertiary/aromatic N) is 1. The predicted octanol–water partition coefficient (Wildman–Crippen LogP) is 5.22. The van der Waals surface area contributed by atoms with Gasteiger partial charge in [-0.05, 0) is 85.3 Å². The van der Waals surface area contributed by atoms with E-state index in [0.29, 0.717) is 12.6 Å². The van der Waals surface area contributed by atoms with E-state index in [1.54, 1.807) is 0 Å². The summed E-state index contributed by atoms with van der Waals surface area (Å²) in [6, 6.07) is 10.6. The number of aliphatic hydroxyl groups is 1. The van der Waals surface area contributed by atoms with Gasteiger partial charge in [-0.3, -0.25) is 4.79 Å². The minimum Gasteiger partial charge on any atom is -0.380 e. The van der Waals surface area contributed by atoms with Crippen LogP contribution in [0.25, 0.3) is 10.8 Å². The van der Waals surface area contributed by atoms with Gasteiger partial charge >= 0.3 is 0 Å². The van der Waals surface area contributed by atoms with Crippen LogP contribution in [0.2, 0.25) is 0 Å². The van der Waals surface area contributed by atoms with Crippen LogP contribution in [-0.4, -0.2) is 22.0 Å². The molecule has 0 spiro atoms. The van der Waals surface area contributed by atoms with E-state index in [1.165, 1.54) is 5.57 Å². The Hall–Kier alpha value is -2.59. The van der Waals surface area contributed by atoms with Gasteiger partial charge in [0, 0.05) is 24.4 Å². The molecule has 0 radical (unpaired) electrons. The highest BCUT2D eigenvalue weighted by molar-refractivity contribution is 6.04. The van der Waals surface area contributed by atoms with Crippen molar-refractivity contribution in [2.75, 3.05) is 0 Å². The molecule has 2 N–H and O–H groups in total. The van der Waals surface area contributed by atoms with E-state index in [4.69, 9.17) is 0 Å². The van der Waals surface area contributed by atoms with Gasteiger partial charge in [0.15, 0.2) is 0 Å². The third-order valence-corrected chi connectivity index (χ3v) is 6.49. The van der Waals surface area contributed by atoms with Gasteiger partial charge in [0.25, 0.3) is 5.91 Å². The van der Waals surface area contributed by atoms with Crippen LogP contribution in [0.3, 0.4) is 0 Å². The van der Waals surface area contributed by atoms with Crippen LogP contribution in [0.4, 0.5) is 0 Å². The van der Waals surface area contributed by atoms with Gasteiger partial charge in [0.1, 0.15) is 5.60 Å². The van der Waals surface area contributed by atoms with Crippen LogP contribution in [0.5, 0.6) is 0 Å². The third kappa shape index (κ3) is 3.43. The highest BCUT2D eigenvalue weighted by Gasteiger charge is 2.39. The molecule has 0 saturated heterocycles. The molecule has 1 unspecified atom stereocenters. The fraction of sp³-hybridized carbons (Fsp3) is 0.423. The van der Waals surface area contributed by atoms with Crippen LogP contribution in [-0.2, 0) is 12.1 Å². The third-order valence-electron chi connectivity index (χ3n) is 6.49. The van der Waals surface area contributed by atoms with Crippen molar-refractivity contribution in [3.05, 3.63) is 70.6 Å². The standard InChI is InChI=1S/C26H32N2O2/c1-16(2)13-27-14-18(5)26(30,17(3)4)20-7-11-22-19(12-20)6-10-23-24(22)15-28(25(23)29)21-8-9-21/h6-7,10-14,17,21,27,30H,8-9,15H2,1-5H3/b18-14+. The lowest BCUT2D eigenvalue weighted by Gasteiger charge is -2.34. The minimum absolute atomic E-state index is 0.000987. The normalized spacial score (nSPS) is 18.6. The van der Waals surface area contributed by atoms with Crippen LogP contribution in [0.15, 0.2) is 53.9 Å². The molecule has 1 saturated carbocycles. The molecular weight excluding hydrogens is 372 g/mol. The lowest BCUT2D eigenvalue weighted by molar-refractivity contribution is 0.0272. The molecule has 1 aliphatic carbocycles. The van der Waals surface area contributed by atoms with Crippen molar-refractivity contribution in [1.82, 2.24) is 10.2 Å². The SMILES string of the molecule is CC(C)=CN/C=C(\C)C(O)(c1ccc2c3c(ccc2c1)C(=O)N(C1CC1)C3)C(C)C. The molecule has 4 rings (SSSR count). The smallest absolute Gasteiger partial charge is 0.254 e. The predicted molar refractivity (Wildman–Crippen MR) is 122 cm³/mol. The van der Waals surface area contributed by atoms with Gasteiger partial charge in [-0.25, -0.2) is 0 Å². The number of hydrogen-bond donors (Lipinski definition) is 2. The zero-order valence-corrected chi connectivity index (χ0v) is 18.6. The molecule has 1 aliphatic heterocycles. The number of amides is 1. The molecule has 158 valence electrons. The molecule has 1 heterocycles. The Kier molecular flexibility index (Phi) is 5.23. The van der Waals surface area contributed by atoms with E-state index < -0.39 is 5.60 Å². The van der Waals surface area contributed by atoms with Gasteiger partial charge < -0.3 is 15.3 Å². The molecule has 1 fully saturated rings. The van der Waals surface area contributed by atoms with Gasteiger partial charge in [0.05, 0.1) is 0 Å². The van der Waals surface area contributed by atoms with Crippen molar-refractivity contribution in [3.8, 4) is 0 Å². The fourth-order valence-electron chi connectivity index (χ4n) is 4.54. The fourth-order valence-corrected chi connectivity index (χ4v) is 4.54. The summed E-state index contributed by atoms with van der Waals surface area (Å²) in [5.74, 6) is 0.169. The van der Waals surface area contributed by atoms with E-state index in [2.05, 4.69) is 17.4 Å². The number of allylic oxidation sites excluding steroid dienone is 1. The van der Waals surface area contributed by atoms with Crippen LogP contribution in [0, 0.1) is 5.92 Å². The van der Waals surface area contributed by atoms with Crippen molar-refractivity contribution in [2.24, 2.45) is 5.92 Å². The Morgan fingerprint density at radius 1 is 1.17 bits per heavy atom. The van der Waals surface area contributed by atoms with E-state index in [-0.39, 0.29) is 11.8 Å². The zero-order chi connectivity index (χ0) is 21.6. The van der Waals surface area contributed by atoms with E-state index >= 15 is 0 Å². The summed E-state index contributed by atoms with van der Waals surface area (Å²) in [6.45, 7) is 10.8. The van der Waals surface area contributed by atoms with Crippen molar-refractivity contribution < 1.29 is 9.90 Å². The quantitative estimate of drug-likeness (QED) is 0.694. The first-order chi connectivity index (χ1) is 14.2. The Morgan fingerprint density at radius 2 is 1.90 bits per heavy atom. The summed E-state index contributed by atoms with van der Waals surface area (Å²) in [5.41, 5.74) is 3.80. The summed E-state index contributed by atoms with van der Waals surface area (Å²) in [6.07, 6.45) is 6.05. The second-order valence-electron chi connectivity index (χ2n) is 9.33. The zero-order valence-electron chi connectivity index (χ0n) is 18.6. The molecule has 4 nitrogen and oxygen atoms in total. The van der Waals surface area contributed by atoms with Gasteiger partial charge in [-0.1, -0.05) is 37.6 Å². The Morgan fingerprint density at radius 3 is 2.53 bits per heavy atom. The summed E-state index contributed by atoms with van der Waals surface area (Å²) >= 11 is 0. The van der Waals surface area contributed by atoms with Gasteiger partial charge in [0.2, 0.25) is 0 Å². The number of hydrogen-bond acceptors (Lipinski definition) is 3. The van der Waals surface area contributed by atoms with Crippen LogP contribution < -0.4 is 5.32 Å². The van der Waals surface area contributed by atoms with E-state index in [1.807, 2.05) is 70.1 Å². The maximum absolute atomic E-state index is 12.7. The number of nitrogens with one attached hydrogen (secondary N) is 1. The van der Waals surface area contributed by atoms with E-state index in [9.17, 15) is 9.90 Å². The lowest BCUT2D eigenvalue weighted by atomic mass is 9.77. The molecule has 2 aromatic rings. The Balaban J connectivity index is 1.74. The topological polar surface area (TPSA) is 52.6 Å². The summed E-state index contributed by atoms with van der Waals surface area (Å²) in [5, 5.41) is 17.1. The van der Waals surface area contributed by atoms with Crippen molar-refractivity contribution >= 4 is 16.7 Å². The summed E-state index contributed by atoms with van der Waals surface area (Å²) in [4.78, 5) is 14.8. The lowest BCUT2D eigenvalue weighted by Crippen LogP contribution is -2.34. The first-order valence-corrected chi connectivity index (χ1v) is 10.9. The first-order valence-electron chi connectivity index (χ1n) is 10.9. The molecule has 1 atom stereocenters. The molecule has 2 aliphatic rings. The average Bonchev–Trinajstić information content (AvgIpc) is 3.49. The van der Waals surface area contributed by atoms with Crippen LogP contribution >= 0.6 is 0 Å². The number of rotatable bonds is 6. The molecule has 30 heavy (non-hydrogen) atoms. The number of carbonyl (C=O) groups excluding carboxylic acids is 1. The van der Waals surface area contributed by atoms with Gasteiger partial charge in [-0.2, -0.15) is 0 Å². The molecular formula is C26H32N2O2. The van der Waals surface area contributed by atoms with Crippen molar-refractivity contribution in [3.63, 3.8) is 0 Å². The Labute approximate surface area is 179 Å². The number of benzene rings is 2. The monoisotopic (exact) mass is 404 g/mol. The minimum atomic E-state index is -1.08. The molecule has 2 aromatic carbocycles. The van der Waals surface area contributed by atoms with Crippen molar-refractivity contribution in [2.45, 2.75) is 65.6 Å². The highest BCUT2D eigenvalue weighted by atomic mass is 16.3. The molecule has 0 aromatic heterocycles. The second-order valence-corrected chi connectivity index (χ2v) is 9.33. The average molecular weight is 405 g/mol. The maximum atomic E-state index is 12.7. The largest absolute Gasteiger partial charge is 0.380 e. The maximum Gasteiger partial charge on any atom is 0.254 e. The van der Waals surface area contributed by atoms with Crippen molar-refractivity contribution in [1.29, 1.82) is 0 Å². The molecule has 4 heteroatoms. The van der Waals surface area contributed by atoms with Gasteiger partial charge in [-0.15, -0.1) is 0 Å². The Bertz CT molecular complexity index is 1060. The first kappa shape index (κ1) is 20.7. The summed E-state index contributed by atoms with van der Waals surface area (Å²) < 4.78 is 0.